The van der Waals surface area contributed by atoms with Crippen molar-refractivity contribution in [2.75, 3.05) is 0 Å². The van der Waals surface area contributed by atoms with E-state index in [-0.39, 0.29) is 5.56 Å². The Balaban J connectivity index is 1.60. The summed E-state index contributed by atoms with van der Waals surface area (Å²) in [5, 5.41) is 1.11. The maximum Gasteiger partial charge on any atom is 0.251 e. The number of benzene rings is 2. The van der Waals surface area contributed by atoms with Gasteiger partial charge >= 0.3 is 0 Å². The maximum atomic E-state index is 12.0. The molecule has 0 saturated heterocycles. The number of aromatic nitrogens is 1. The molecule has 0 fully saturated rings. The SMILES string of the molecule is CCc1cc2ccc(CN3Cc4ccccc4C3)cc2[nH]c1=O. The topological polar surface area (TPSA) is 36.1 Å². The lowest BCUT2D eigenvalue weighted by Gasteiger charge is -2.15. The van der Waals surface area contributed by atoms with Gasteiger partial charge in [-0.25, -0.2) is 0 Å². The van der Waals surface area contributed by atoms with Gasteiger partial charge < -0.3 is 4.98 Å². The Hall–Kier alpha value is -2.39. The van der Waals surface area contributed by atoms with Crippen LogP contribution in [0.5, 0.6) is 0 Å². The average Bonchev–Trinajstić information content (AvgIpc) is 2.96. The molecule has 0 unspecified atom stereocenters. The van der Waals surface area contributed by atoms with Crippen molar-refractivity contribution in [1.82, 2.24) is 9.88 Å². The number of hydrogen-bond donors (Lipinski definition) is 1. The van der Waals surface area contributed by atoms with Crippen LogP contribution in [0.15, 0.2) is 53.3 Å². The van der Waals surface area contributed by atoms with Gasteiger partial charge in [0.15, 0.2) is 0 Å². The predicted molar refractivity (Wildman–Crippen MR) is 93.3 cm³/mol. The van der Waals surface area contributed by atoms with E-state index < -0.39 is 0 Å². The Morgan fingerprint density at radius 3 is 2.48 bits per heavy atom. The maximum absolute atomic E-state index is 12.0. The predicted octanol–water partition coefficient (Wildman–Crippen LogP) is 3.61. The second-order valence-electron chi connectivity index (χ2n) is 6.31. The van der Waals surface area contributed by atoms with E-state index in [1.807, 2.05) is 13.0 Å². The highest BCUT2D eigenvalue weighted by molar-refractivity contribution is 5.79. The Kier molecular flexibility index (Phi) is 3.50. The van der Waals surface area contributed by atoms with E-state index in [0.29, 0.717) is 0 Å². The summed E-state index contributed by atoms with van der Waals surface area (Å²) < 4.78 is 0. The minimum absolute atomic E-state index is 0.0331. The van der Waals surface area contributed by atoms with Crippen LogP contribution in [0.25, 0.3) is 10.9 Å². The summed E-state index contributed by atoms with van der Waals surface area (Å²) in [6, 6.07) is 17.0. The van der Waals surface area contributed by atoms with Gasteiger partial charge in [0.1, 0.15) is 0 Å². The molecule has 3 heteroatoms. The van der Waals surface area contributed by atoms with Gasteiger partial charge in [-0.3, -0.25) is 9.69 Å². The van der Waals surface area contributed by atoms with Crippen molar-refractivity contribution in [3.63, 3.8) is 0 Å². The van der Waals surface area contributed by atoms with Gasteiger partial charge in [-0.05, 0) is 40.6 Å². The zero-order valence-electron chi connectivity index (χ0n) is 13.3. The zero-order valence-corrected chi connectivity index (χ0v) is 13.3. The number of nitrogens with zero attached hydrogens (tertiary/aromatic N) is 1. The molecule has 1 aromatic heterocycles. The van der Waals surface area contributed by atoms with E-state index in [9.17, 15) is 4.79 Å². The van der Waals surface area contributed by atoms with Crippen molar-refractivity contribution in [3.8, 4) is 0 Å². The van der Waals surface area contributed by atoms with Crippen LogP contribution >= 0.6 is 0 Å². The second-order valence-corrected chi connectivity index (χ2v) is 6.31. The van der Waals surface area contributed by atoms with Gasteiger partial charge in [-0.15, -0.1) is 0 Å². The van der Waals surface area contributed by atoms with Crippen LogP contribution in [0.2, 0.25) is 0 Å². The van der Waals surface area contributed by atoms with Crippen LogP contribution in [-0.2, 0) is 26.1 Å². The van der Waals surface area contributed by atoms with Crippen LogP contribution in [-0.4, -0.2) is 9.88 Å². The summed E-state index contributed by atoms with van der Waals surface area (Å²) >= 11 is 0. The van der Waals surface area contributed by atoms with Crippen molar-refractivity contribution < 1.29 is 0 Å². The lowest BCUT2D eigenvalue weighted by molar-refractivity contribution is 0.275. The molecule has 116 valence electrons. The molecule has 2 aromatic carbocycles. The number of rotatable bonds is 3. The zero-order chi connectivity index (χ0) is 15.8. The van der Waals surface area contributed by atoms with E-state index in [1.165, 1.54) is 16.7 Å². The second kappa shape index (κ2) is 5.67. The summed E-state index contributed by atoms with van der Waals surface area (Å²) in [5.74, 6) is 0. The molecule has 0 aliphatic carbocycles. The molecule has 0 spiro atoms. The fourth-order valence-corrected chi connectivity index (χ4v) is 3.43. The van der Waals surface area contributed by atoms with Gasteiger partial charge in [-0.1, -0.05) is 43.3 Å². The lowest BCUT2D eigenvalue weighted by Crippen LogP contribution is -2.16. The fourth-order valence-electron chi connectivity index (χ4n) is 3.43. The normalized spacial score (nSPS) is 14.3. The van der Waals surface area contributed by atoms with Crippen LogP contribution in [0.3, 0.4) is 0 Å². The summed E-state index contributed by atoms with van der Waals surface area (Å²) in [6.07, 6.45) is 0.763. The summed E-state index contributed by atoms with van der Waals surface area (Å²) in [4.78, 5) is 17.5. The molecule has 23 heavy (non-hydrogen) atoms. The first kappa shape index (κ1) is 14.2. The highest BCUT2D eigenvalue weighted by Gasteiger charge is 2.18. The molecule has 0 saturated carbocycles. The first-order chi connectivity index (χ1) is 11.2. The first-order valence-electron chi connectivity index (χ1n) is 8.17. The number of pyridine rings is 1. The number of fused-ring (bicyclic) bond motifs is 2. The first-order valence-corrected chi connectivity index (χ1v) is 8.17. The van der Waals surface area contributed by atoms with E-state index >= 15 is 0 Å². The highest BCUT2D eigenvalue weighted by Crippen LogP contribution is 2.24. The summed E-state index contributed by atoms with van der Waals surface area (Å²) in [5.41, 5.74) is 5.90. The molecule has 1 aliphatic rings. The molecule has 0 radical (unpaired) electrons. The molecule has 0 atom stereocenters. The third-order valence-corrected chi connectivity index (χ3v) is 4.68. The minimum atomic E-state index is 0.0331. The summed E-state index contributed by atoms with van der Waals surface area (Å²) in [6.45, 7) is 4.91. The molecular weight excluding hydrogens is 284 g/mol. The van der Waals surface area contributed by atoms with Gasteiger partial charge in [0.2, 0.25) is 0 Å². The molecule has 1 aliphatic heterocycles. The van der Waals surface area contributed by atoms with Crippen molar-refractivity contribution in [2.24, 2.45) is 0 Å². The van der Waals surface area contributed by atoms with Crippen LogP contribution in [0.4, 0.5) is 0 Å². The van der Waals surface area contributed by atoms with Crippen molar-refractivity contribution >= 4 is 10.9 Å². The van der Waals surface area contributed by atoms with Crippen molar-refractivity contribution in [3.05, 3.63) is 81.1 Å². The van der Waals surface area contributed by atoms with Crippen molar-refractivity contribution in [2.45, 2.75) is 33.0 Å². The molecule has 2 heterocycles. The van der Waals surface area contributed by atoms with Crippen LogP contribution < -0.4 is 5.56 Å². The minimum Gasteiger partial charge on any atom is -0.322 e. The number of nitrogens with one attached hydrogen (secondary N) is 1. The highest BCUT2D eigenvalue weighted by atomic mass is 16.1. The van der Waals surface area contributed by atoms with E-state index in [0.717, 1.165) is 42.5 Å². The molecular formula is C20H20N2O. The Morgan fingerprint density at radius 2 is 1.78 bits per heavy atom. The standard InChI is InChI=1S/C20H20N2O/c1-2-15-10-16-8-7-14(9-19(16)21-20(15)23)11-22-12-17-5-3-4-6-18(17)13-22/h3-10H,2,11-13H2,1H3,(H,21,23). The van der Waals surface area contributed by atoms with E-state index in [4.69, 9.17) is 0 Å². The van der Waals surface area contributed by atoms with Gasteiger partial charge in [0.05, 0.1) is 0 Å². The summed E-state index contributed by atoms with van der Waals surface area (Å²) in [7, 11) is 0. The molecule has 4 rings (SSSR count). The third kappa shape index (κ3) is 2.68. The van der Waals surface area contributed by atoms with E-state index in [1.54, 1.807) is 0 Å². The quantitative estimate of drug-likeness (QED) is 0.802. The number of hydrogen-bond acceptors (Lipinski definition) is 2. The smallest absolute Gasteiger partial charge is 0.251 e. The number of H-pyrrole nitrogens is 1. The third-order valence-electron chi connectivity index (χ3n) is 4.68. The van der Waals surface area contributed by atoms with Gasteiger partial charge in [0.25, 0.3) is 5.56 Å². The largest absolute Gasteiger partial charge is 0.322 e. The molecule has 0 amide bonds. The molecule has 3 nitrogen and oxygen atoms in total. The Morgan fingerprint density at radius 1 is 1.04 bits per heavy atom. The average molecular weight is 304 g/mol. The molecule has 0 bridgehead atoms. The monoisotopic (exact) mass is 304 g/mol. The number of aryl methyl sites for hydroxylation is 1. The molecule has 3 aromatic rings. The van der Waals surface area contributed by atoms with Crippen LogP contribution in [0, 0.1) is 0 Å². The molecule has 1 N–H and O–H groups in total. The fraction of sp³-hybridized carbons (Fsp3) is 0.250. The Bertz CT molecular complexity index is 901. The van der Waals surface area contributed by atoms with E-state index in [2.05, 4.69) is 52.3 Å². The van der Waals surface area contributed by atoms with Gasteiger partial charge in [-0.2, -0.15) is 0 Å². The lowest BCUT2D eigenvalue weighted by atomic mass is 10.1. The Labute approximate surface area is 135 Å². The van der Waals surface area contributed by atoms with Crippen LogP contribution in [0.1, 0.15) is 29.2 Å². The van der Waals surface area contributed by atoms with Gasteiger partial charge in [0, 0.05) is 30.7 Å². The van der Waals surface area contributed by atoms with Crippen molar-refractivity contribution in [1.29, 1.82) is 0 Å². The number of aromatic amines is 1.